The second kappa shape index (κ2) is 9.45. The van der Waals surface area contributed by atoms with E-state index in [1.807, 2.05) is 0 Å². The van der Waals surface area contributed by atoms with Gasteiger partial charge >= 0.3 is 0 Å². The smallest absolute Gasteiger partial charge is 0.266 e. The lowest BCUT2D eigenvalue weighted by Crippen LogP contribution is -2.35. The fraction of sp³-hybridized carbons (Fsp3) is 0.905. The van der Waals surface area contributed by atoms with Gasteiger partial charge in [0.05, 0.1) is 12.2 Å². The molecule has 3 aliphatic rings. The molecule has 0 aromatic rings. The molecule has 1 heterocycles. The van der Waals surface area contributed by atoms with Crippen LogP contribution in [-0.2, 0) is 4.74 Å². The summed E-state index contributed by atoms with van der Waals surface area (Å²) in [6.07, 6.45) is 13.1. The molecule has 0 aromatic carbocycles. The fourth-order valence-electron chi connectivity index (χ4n) is 5.19. The number of hydrogen-bond donors (Lipinski definition) is 1. The first-order chi connectivity index (χ1) is 12.1. The lowest BCUT2D eigenvalue weighted by atomic mass is 9.77. The van der Waals surface area contributed by atoms with Gasteiger partial charge in [-0.3, -0.25) is 0 Å². The molecule has 1 saturated heterocycles. The van der Waals surface area contributed by atoms with E-state index in [0.717, 1.165) is 70.0 Å². The van der Waals surface area contributed by atoms with Crippen molar-refractivity contribution in [3.05, 3.63) is 12.2 Å². The van der Waals surface area contributed by atoms with Gasteiger partial charge in [0.15, 0.2) is 0 Å². The summed E-state index contributed by atoms with van der Waals surface area (Å²) in [6, 6.07) is 0. The van der Waals surface area contributed by atoms with Crippen molar-refractivity contribution in [1.29, 1.82) is 0 Å². The predicted molar refractivity (Wildman–Crippen MR) is 95.4 cm³/mol. The minimum absolute atomic E-state index is 0.0837. The van der Waals surface area contributed by atoms with Crippen LogP contribution >= 0.6 is 0 Å². The Labute approximate surface area is 151 Å². The average Bonchev–Trinajstić information content (AvgIpc) is 2.62. The molecular formula is C21H34F2O2. The SMILES string of the molecule is OC1CCC(C2CCC(CCC3CCC(C=C(F)F)CC3)CO2)CC1. The normalized spacial score (nSPS) is 39.8. The Morgan fingerprint density at radius 1 is 0.840 bits per heavy atom. The van der Waals surface area contributed by atoms with Crippen molar-refractivity contribution < 1.29 is 18.6 Å². The number of halogens is 2. The first kappa shape index (κ1) is 19.3. The Kier molecular flexibility index (Phi) is 7.29. The van der Waals surface area contributed by atoms with E-state index in [-0.39, 0.29) is 12.0 Å². The van der Waals surface area contributed by atoms with Gasteiger partial charge in [-0.05, 0) is 100 Å². The van der Waals surface area contributed by atoms with E-state index in [0.29, 0.717) is 17.9 Å². The van der Waals surface area contributed by atoms with Crippen molar-refractivity contribution >= 4 is 0 Å². The molecule has 25 heavy (non-hydrogen) atoms. The van der Waals surface area contributed by atoms with E-state index < -0.39 is 6.08 Å². The Balaban J connectivity index is 1.30. The topological polar surface area (TPSA) is 29.5 Å². The van der Waals surface area contributed by atoms with E-state index in [4.69, 9.17) is 4.74 Å². The summed E-state index contributed by atoms with van der Waals surface area (Å²) in [6.45, 7) is 0.898. The molecular weight excluding hydrogens is 322 g/mol. The molecule has 2 aliphatic carbocycles. The molecule has 2 nitrogen and oxygen atoms in total. The van der Waals surface area contributed by atoms with Gasteiger partial charge in [-0.2, -0.15) is 8.78 Å². The number of aliphatic hydroxyl groups is 1. The van der Waals surface area contributed by atoms with Crippen molar-refractivity contribution in [2.75, 3.05) is 6.61 Å². The largest absolute Gasteiger partial charge is 0.393 e. The Bertz CT molecular complexity index is 412. The zero-order valence-electron chi connectivity index (χ0n) is 15.3. The molecule has 3 rings (SSSR count). The number of hydrogen-bond acceptors (Lipinski definition) is 2. The third-order valence-corrected chi connectivity index (χ3v) is 6.91. The fourth-order valence-corrected chi connectivity index (χ4v) is 5.19. The van der Waals surface area contributed by atoms with Crippen LogP contribution in [0.4, 0.5) is 8.78 Å². The highest BCUT2D eigenvalue weighted by molar-refractivity contribution is 4.91. The van der Waals surface area contributed by atoms with Crippen LogP contribution in [-0.4, -0.2) is 23.9 Å². The zero-order chi connectivity index (χ0) is 17.6. The molecule has 2 saturated carbocycles. The van der Waals surface area contributed by atoms with Gasteiger partial charge in [0.1, 0.15) is 0 Å². The first-order valence-corrected chi connectivity index (χ1v) is 10.4. The molecule has 144 valence electrons. The van der Waals surface area contributed by atoms with Crippen LogP contribution in [0.1, 0.15) is 77.0 Å². The summed E-state index contributed by atoms with van der Waals surface area (Å²) >= 11 is 0. The zero-order valence-corrected chi connectivity index (χ0v) is 15.3. The molecule has 0 bridgehead atoms. The van der Waals surface area contributed by atoms with E-state index in [2.05, 4.69) is 0 Å². The molecule has 4 heteroatoms. The summed E-state index contributed by atoms with van der Waals surface area (Å²) < 4.78 is 30.8. The van der Waals surface area contributed by atoms with Crippen LogP contribution in [0.15, 0.2) is 12.2 Å². The molecule has 0 spiro atoms. The minimum atomic E-state index is -1.51. The second-order valence-electron chi connectivity index (χ2n) is 8.70. The highest BCUT2D eigenvalue weighted by Gasteiger charge is 2.31. The van der Waals surface area contributed by atoms with E-state index in [9.17, 15) is 13.9 Å². The monoisotopic (exact) mass is 356 g/mol. The first-order valence-electron chi connectivity index (χ1n) is 10.4. The van der Waals surface area contributed by atoms with Gasteiger partial charge in [0, 0.05) is 6.61 Å². The summed E-state index contributed by atoms with van der Waals surface area (Å²) in [7, 11) is 0. The van der Waals surface area contributed by atoms with E-state index in [1.54, 1.807) is 0 Å². The van der Waals surface area contributed by atoms with Gasteiger partial charge in [-0.1, -0.05) is 6.42 Å². The summed E-state index contributed by atoms with van der Waals surface area (Å²) in [5.41, 5.74) is 0. The van der Waals surface area contributed by atoms with Gasteiger partial charge in [-0.25, -0.2) is 0 Å². The molecule has 1 aliphatic heterocycles. The lowest BCUT2D eigenvalue weighted by Gasteiger charge is -2.37. The number of rotatable bonds is 5. The van der Waals surface area contributed by atoms with Crippen molar-refractivity contribution in [2.45, 2.75) is 89.3 Å². The van der Waals surface area contributed by atoms with Crippen LogP contribution in [0.25, 0.3) is 0 Å². The van der Waals surface area contributed by atoms with E-state index >= 15 is 0 Å². The van der Waals surface area contributed by atoms with Crippen LogP contribution in [0.2, 0.25) is 0 Å². The van der Waals surface area contributed by atoms with Crippen LogP contribution in [0.5, 0.6) is 0 Å². The molecule has 2 atom stereocenters. The Hall–Kier alpha value is -0.480. The van der Waals surface area contributed by atoms with Crippen LogP contribution in [0.3, 0.4) is 0 Å². The van der Waals surface area contributed by atoms with E-state index in [1.165, 1.54) is 25.7 Å². The Morgan fingerprint density at radius 3 is 2.08 bits per heavy atom. The summed E-state index contributed by atoms with van der Waals surface area (Å²) in [5.74, 6) is 2.17. The van der Waals surface area contributed by atoms with Gasteiger partial charge in [-0.15, -0.1) is 0 Å². The maximum absolute atomic E-state index is 12.3. The molecule has 1 N–H and O–H groups in total. The average molecular weight is 356 g/mol. The Morgan fingerprint density at radius 2 is 1.48 bits per heavy atom. The van der Waals surface area contributed by atoms with Crippen LogP contribution < -0.4 is 0 Å². The van der Waals surface area contributed by atoms with Crippen molar-refractivity contribution in [1.82, 2.24) is 0 Å². The number of allylic oxidation sites excluding steroid dienone is 1. The maximum Gasteiger partial charge on any atom is 0.266 e. The van der Waals surface area contributed by atoms with Gasteiger partial charge < -0.3 is 9.84 Å². The van der Waals surface area contributed by atoms with Crippen LogP contribution in [0, 0.1) is 23.7 Å². The molecule has 2 unspecified atom stereocenters. The summed E-state index contributed by atoms with van der Waals surface area (Å²) in [5, 5.41) is 9.64. The molecule has 3 fully saturated rings. The van der Waals surface area contributed by atoms with Gasteiger partial charge in [0.2, 0.25) is 0 Å². The third-order valence-electron chi connectivity index (χ3n) is 6.91. The lowest BCUT2D eigenvalue weighted by molar-refractivity contribution is -0.0650. The number of ether oxygens (including phenoxy) is 1. The number of aliphatic hydroxyl groups excluding tert-OH is 1. The van der Waals surface area contributed by atoms with Crippen molar-refractivity contribution in [2.24, 2.45) is 23.7 Å². The minimum Gasteiger partial charge on any atom is -0.393 e. The van der Waals surface area contributed by atoms with Crippen molar-refractivity contribution in [3.63, 3.8) is 0 Å². The highest BCUT2D eigenvalue weighted by atomic mass is 19.3. The predicted octanol–water partition coefficient (Wildman–Crippen LogP) is 5.70. The molecule has 0 radical (unpaired) electrons. The molecule has 0 amide bonds. The summed E-state index contributed by atoms with van der Waals surface area (Å²) in [4.78, 5) is 0. The van der Waals surface area contributed by atoms with Gasteiger partial charge in [0.25, 0.3) is 6.08 Å². The second-order valence-corrected chi connectivity index (χ2v) is 8.70. The molecule has 0 aromatic heterocycles. The quantitative estimate of drug-likeness (QED) is 0.685. The third kappa shape index (κ3) is 6.02. The van der Waals surface area contributed by atoms with Crippen molar-refractivity contribution in [3.8, 4) is 0 Å². The standard InChI is InChI=1S/C21H34F2O2/c22-21(23)13-16-4-1-15(2-5-16)3-6-17-7-12-20(25-14-17)18-8-10-19(24)11-9-18/h13,15-20,24H,1-12,14H2. The highest BCUT2D eigenvalue weighted by Crippen LogP contribution is 2.37. The maximum atomic E-state index is 12.3.